The molecule has 39 heavy (non-hydrogen) atoms. The lowest BCUT2D eigenvalue weighted by atomic mass is 9.57. The molecule has 0 saturated heterocycles. The first-order valence-corrected chi connectivity index (χ1v) is 13.3. The van der Waals surface area contributed by atoms with Gasteiger partial charge in [0.1, 0.15) is 0 Å². The maximum Gasteiger partial charge on any atom is 0.416 e. The van der Waals surface area contributed by atoms with Gasteiger partial charge in [-0.1, -0.05) is 116 Å². The topological polar surface area (TPSA) is 0 Å². The molecule has 0 N–H and O–H groups in total. The van der Waals surface area contributed by atoms with Gasteiger partial charge >= 0.3 is 6.18 Å². The van der Waals surface area contributed by atoms with Gasteiger partial charge in [0.25, 0.3) is 0 Å². The predicted octanol–water partition coefficient (Wildman–Crippen LogP) is 10.2. The van der Waals surface area contributed by atoms with E-state index in [4.69, 9.17) is 0 Å². The molecule has 0 saturated carbocycles. The highest BCUT2D eigenvalue weighted by Gasteiger charge is 2.48. The van der Waals surface area contributed by atoms with Gasteiger partial charge in [-0.2, -0.15) is 13.2 Å². The summed E-state index contributed by atoms with van der Waals surface area (Å²) in [4.78, 5) is 0. The molecule has 2 unspecified atom stereocenters. The molecule has 3 heteroatoms. The molecule has 0 aromatic heterocycles. The number of hydrogen-bond donors (Lipinski definition) is 0. The Kier molecular flexibility index (Phi) is 5.99. The van der Waals surface area contributed by atoms with Gasteiger partial charge in [-0.25, -0.2) is 0 Å². The summed E-state index contributed by atoms with van der Waals surface area (Å²) in [6.45, 7) is 6.01. The molecule has 6 rings (SSSR count). The summed E-state index contributed by atoms with van der Waals surface area (Å²) in [6, 6.07) is 28.8. The molecule has 0 heterocycles. The van der Waals surface area contributed by atoms with Crippen molar-refractivity contribution in [3.05, 3.63) is 154 Å². The minimum Gasteiger partial charge on any atom is -0.166 e. The normalized spacial score (nSPS) is 20.8. The van der Waals surface area contributed by atoms with Crippen molar-refractivity contribution in [2.24, 2.45) is 5.41 Å². The zero-order chi connectivity index (χ0) is 27.4. The number of allylic oxidation sites excluding steroid dienone is 6. The van der Waals surface area contributed by atoms with Crippen molar-refractivity contribution in [2.75, 3.05) is 0 Å². The maximum absolute atomic E-state index is 14.2. The van der Waals surface area contributed by atoms with Crippen molar-refractivity contribution in [2.45, 2.75) is 32.9 Å². The van der Waals surface area contributed by atoms with Crippen molar-refractivity contribution in [1.82, 2.24) is 0 Å². The molecule has 2 aliphatic carbocycles. The molecule has 2 aliphatic rings. The number of aryl methyl sites for hydroxylation is 1. The smallest absolute Gasteiger partial charge is 0.166 e. The highest BCUT2D eigenvalue weighted by Crippen LogP contribution is 2.59. The average molecular weight is 519 g/mol. The summed E-state index contributed by atoms with van der Waals surface area (Å²) in [5, 5.41) is 2.19. The Morgan fingerprint density at radius 1 is 0.769 bits per heavy atom. The van der Waals surface area contributed by atoms with Gasteiger partial charge in [0, 0.05) is 11.3 Å². The Balaban J connectivity index is 1.75. The summed E-state index contributed by atoms with van der Waals surface area (Å²) in [5.74, 6) is -0.309. The zero-order valence-electron chi connectivity index (χ0n) is 22.2. The van der Waals surface area contributed by atoms with Gasteiger partial charge in [0.05, 0.1) is 5.57 Å². The average Bonchev–Trinajstić information content (AvgIpc) is 2.92. The predicted molar refractivity (Wildman–Crippen MR) is 156 cm³/mol. The highest BCUT2D eigenvalue weighted by atomic mass is 19.4. The molecule has 0 bridgehead atoms. The van der Waals surface area contributed by atoms with Gasteiger partial charge < -0.3 is 0 Å². The van der Waals surface area contributed by atoms with Crippen LogP contribution in [0.15, 0.2) is 120 Å². The first-order chi connectivity index (χ1) is 18.7. The lowest BCUT2D eigenvalue weighted by Gasteiger charge is -2.46. The summed E-state index contributed by atoms with van der Waals surface area (Å²) >= 11 is 0. The van der Waals surface area contributed by atoms with Gasteiger partial charge in [-0.05, 0) is 75.2 Å². The first kappa shape index (κ1) is 25.2. The number of alkyl halides is 3. The molecular weight excluding hydrogens is 489 g/mol. The second-order valence-corrected chi connectivity index (χ2v) is 10.6. The van der Waals surface area contributed by atoms with E-state index in [9.17, 15) is 13.2 Å². The Morgan fingerprint density at radius 3 is 2.23 bits per heavy atom. The van der Waals surface area contributed by atoms with Crippen LogP contribution in [-0.4, -0.2) is 6.18 Å². The molecule has 4 aromatic rings. The van der Waals surface area contributed by atoms with E-state index in [2.05, 4.69) is 61.5 Å². The second kappa shape index (κ2) is 9.27. The largest absolute Gasteiger partial charge is 0.416 e. The van der Waals surface area contributed by atoms with Crippen LogP contribution in [0.2, 0.25) is 0 Å². The summed E-state index contributed by atoms with van der Waals surface area (Å²) in [6.07, 6.45) is 4.07. The van der Waals surface area contributed by atoms with Crippen LogP contribution >= 0.6 is 0 Å². The van der Waals surface area contributed by atoms with E-state index in [1.54, 1.807) is 6.08 Å². The minimum absolute atomic E-state index is 0.309. The van der Waals surface area contributed by atoms with Crippen LogP contribution in [0.5, 0.6) is 0 Å². The summed E-state index contributed by atoms with van der Waals surface area (Å²) in [5.41, 5.74) is 6.69. The van der Waals surface area contributed by atoms with Gasteiger partial charge in [-0.3, -0.25) is 0 Å². The summed E-state index contributed by atoms with van der Waals surface area (Å²) < 4.78 is 42.7. The fraction of sp³-hybridized carbons (Fsp3) is 0.167. The van der Waals surface area contributed by atoms with Crippen LogP contribution in [0.4, 0.5) is 13.2 Å². The molecule has 0 spiro atoms. The molecule has 0 nitrogen and oxygen atoms in total. The van der Waals surface area contributed by atoms with E-state index in [1.807, 2.05) is 56.3 Å². The lowest BCUT2D eigenvalue weighted by molar-refractivity contribution is -0.0891. The van der Waals surface area contributed by atoms with Crippen molar-refractivity contribution >= 4 is 22.4 Å². The molecule has 0 radical (unpaired) electrons. The van der Waals surface area contributed by atoms with Crippen LogP contribution in [0.3, 0.4) is 0 Å². The fourth-order valence-corrected chi connectivity index (χ4v) is 6.59. The SMILES string of the molecule is C/C=C\c1c(C)cccc1C1c2ccccc2C(c2cccc3ccccc23)=C2C=CC(C(F)(F)F)=CC21C. The van der Waals surface area contributed by atoms with E-state index in [0.717, 1.165) is 55.3 Å². The van der Waals surface area contributed by atoms with Crippen LogP contribution < -0.4 is 0 Å². The Morgan fingerprint density at radius 2 is 1.44 bits per heavy atom. The molecule has 2 atom stereocenters. The molecule has 0 aliphatic heterocycles. The Labute approximate surface area is 227 Å². The molecule has 0 amide bonds. The number of rotatable bonds is 3. The van der Waals surface area contributed by atoms with Crippen molar-refractivity contribution in [3.8, 4) is 0 Å². The standard InChI is InChI=1S/C36H29F3/c1-4-11-26-23(2)12-9-19-30(26)34-31-17-8-7-16-29(31)33(28-18-10-14-24-13-5-6-15-27(24)28)32-21-20-25(36(37,38)39)22-35(32,34)3/h4-22,34H,1-3H3/b11-4-. The van der Waals surface area contributed by atoms with Gasteiger partial charge in [0.2, 0.25) is 0 Å². The number of hydrogen-bond acceptors (Lipinski definition) is 0. The van der Waals surface area contributed by atoms with Gasteiger partial charge in [-0.15, -0.1) is 0 Å². The van der Waals surface area contributed by atoms with Crippen molar-refractivity contribution in [1.29, 1.82) is 0 Å². The molecule has 4 aromatic carbocycles. The number of halogens is 3. The van der Waals surface area contributed by atoms with Gasteiger partial charge in [0.15, 0.2) is 0 Å². The van der Waals surface area contributed by atoms with E-state index >= 15 is 0 Å². The molecular formula is C36H29F3. The van der Waals surface area contributed by atoms with E-state index < -0.39 is 17.2 Å². The highest BCUT2D eigenvalue weighted by molar-refractivity contribution is 6.01. The van der Waals surface area contributed by atoms with E-state index in [1.165, 1.54) is 12.2 Å². The minimum atomic E-state index is -4.44. The maximum atomic E-state index is 14.2. The second-order valence-electron chi connectivity index (χ2n) is 10.6. The third-order valence-electron chi connectivity index (χ3n) is 8.26. The van der Waals surface area contributed by atoms with E-state index in [-0.39, 0.29) is 5.92 Å². The lowest BCUT2D eigenvalue weighted by Crippen LogP contribution is -2.35. The quantitative estimate of drug-likeness (QED) is 0.253. The molecule has 194 valence electrons. The molecule has 0 fully saturated rings. The zero-order valence-corrected chi connectivity index (χ0v) is 22.2. The van der Waals surface area contributed by atoms with Crippen LogP contribution in [0.25, 0.3) is 22.4 Å². The Hall–Kier alpha value is -4.11. The Bertz CT molecular complexity index is 1720. The number of benzene rings is 4. The van der Waals surface area contributed by atoms with Crippen LogP contribution in [-0.2, 0) is 0 Å². The van der Waals surface area contributed by atoms with Crippen LogP contribution in [0, 0.1) is 12.3 Å². The third-order valence-corrected chi connectivity index (χ3v) is 8.26. The summed E-state index contributed by atoms with van der Waals surface area (Å²) in [7, 11) is 0. The van der Waals surface area contributed by atoms with Crippen LogP contribution in [0.1, 0.15) is 53.1 Å². The monoisotopic (exact) mass is 518 g/mol. The third kappa shape index (κ3) is 3.99. The van der Waals surface area contributed by atoms with Crippen molar-refractivity contribution < 1.29 is 13.2 Å². The number of fused-ring (bicyclic) bond motifs is 3. The fourth-order valence-electron chi connectivity index (χ4n) is 6.59. The first-order valence-electron chi connectivity index (χ1n) is 13.3. The van der Waals surface area contributed by atoms with E-state index in [0.29, 0.717) is 0 Å². The van der Waals surface area contributed by atoms with Crippen molar-refractivity contribution in [3.63, 3.8) is 0 Å².